The number of benzene rings is 2. The van der Waals surface area contributed by atoms with Crippen LogP contribution in [0, 0.1) is 16.0 Å². The summed E-state index contributed by atoms with van der Waals surface area (Å²) in [5, 5.41) is 25.4. The van der Waals surface area contributed by atoms with Crippen molar-refractivity contribution in [2.45, 2.75) is 20.3 Å². The Morgan fingerprint density at radius 3 is 2.31 bits per heavy atom. The zero-order valence-corrected chi connectivity index (χ0v) is 15.9. The molecule has 0 atom stereocenters. The molecule has 0 aliphatic heterocycles. The van der Waals surface area contributed by atoms with E-state index >= 15 is 0 Å². The van der Waals surface area contributed by atoms with E-state index in [0.29, 0.717) is 17.5 Å². The van der Waals surface area contributed by atoms with Gasteiger partial charge in [-0.25, -0.2) is 5.43 Å². The number of allylic oxidation sites excluding steroid dienone is 1. The lowest BCUT2D eigenvalue weighted by atomic mass is 9.98. The van der Waals surface area contributed by atoms with Crippen molar-refractivity contribution in [1.29, 1.82) is 0 Å². The van der Waals surface area contributed by atoms with E-state index in [1.165, 1.54) is 24.3 Å². The molecule has 2 N–H and O–H groups in total. The van der Waals surface area contributed by atoms with Crippen molar-refractivity contribution in [3.05, 3.63) is 80.9 Å². The first-order chi connectivity index (χ1) is 13.8. The van der Waals surface area contributed by atoms with E-state index in [4.69, 9.17) is 0 Å². The first-order valence-electron chi connectivity index (χ1n) is 8.98. The average molecular weight is 393 g/mol. The van der Waals surface area contributed by atoms with Crippen LogP contribution in [0.1, 0.15) is 46.5 Å². The Bertz CT molecular complexity index is 1050. The number of nitrogens with zero attached hydrogens (tertiary/aromatic N) is 2. The largest absolute Gasteiger partial charge is 0.506 e. The lowest BCUT2D eigenvalue weighted by molar-refractivity contribution is -0.384. The normalized spacial score (nSPS) is 13.6. The summed E-state index contributed by atoms with van der Waals surface area (Å²) >= 11 is 0. The second kappa shape index (κ2) is 8.05. The fourth-order valence-corrected chi connectivity index (χ4v) is 3.04. The van der Waals surface area contributed by atoms with E-state index in [1.807, 2.05) is 13.8 Å². The first-order valence-corrected chi connectivity index (χ1v) is 8.98. The number of fused-ring (bicyclic) bond motifs is 1. The number of Topliss-reactive ketones (excluding diaryl/α,β-unsaturated/α-hetero) is 1. The maximum atomic E-state index is 12.8. The summed E-state index contributed by atoms with van der Waals surface area (Å²) in [5.74, 6) is -0.970. The molecular weight excluding hydrogens is 374 g/mol. The van der Waals surface area contributed by atoms with Gasteiger partial charge in [-0.05, 0) is 24.5 Å². The highest BCUT2D eigenvalue weighted by Gasteiger charge is 2.32. The van der Waals surface area contributed by atoms with E-state index in [-0.39, 0.29) is 40.0 Å². The Morgan fingerprint density at radius 1 is 1.14 bits per heavy atom. The summed E-state index contributed by atoms with van der Waals surface area (Å²) < 4.78 is 0. The van der Waals surface area contributed by atoms with Gasteiger partial charge in [0.05, 0.1) is 16.2 Å². The fourth-order valence-electron chi connectivity index (χ4n) is 3.04. The third-order valence-corrected chi connectivity index (χ3v) is 4.41. The minimum absolute atomic E-state index is 0.0731. The summed E-state index contributed by atoms with van der Waals surface area (Å²) in [6.45, 7) is 3.86. The molecular formula is C21H19N3O5. The number of hydrogen-bond donors (Lipinski definition) is 2. The molecule has 1 amide bonds. The topological polar surface area (TPSA) is 122 Å². The number of carbonyl (C=O) groups excluding carboxylic acids is 2. The SMILES string of the molecule is CC(C)CC(=NNC(=O)c1ccc([N+](=O)[O-])cc1)C1=C(O)c2ccccc2C1=O. The van der Waals surface area contributed by atoms with Gasteiger partial charge >= 0.3 is 0 Å². The predicted octanol–water partition coefficient (Wildman–Crippen LogP) is 3.89. The molecule has 8 nitrogen and oxygen atoms in total. The molecule has 0 bridgehead atoms. The number of ketones is 1. The number of hydrogen-bond acceptors (Lipinski definition) is 6. The van der Waals surface area contributed by atoms with E-state index in [1.54, 1.807) is 24.3 Å². The van der Waals surface area contributed by atoms with Gasteiger partial charge in [-0.3, -0.25) is 19.7 Å². The Morgan fingerprint density at radius 2 is 1.76 bits per heavy atom. The number of nitrogens with one attached hydrogen (secondary N) is 1. The zero-order chi connectivity index (χ0) is 21.1. The summed E-state index contributed by atoms with van der Waals surface area (Å²) in [6.07, 6.45) is 0.361. The maximum absolute atomic E-state index is 12.8. The number of carbonyl (C=O) groups is 2. The molecule has 148 valence electrons. The van der Waals surface area contributed by atoms with Crippen molar-refractivity contribution in [3.8, 4) is 0 Å². The standard InChI is InChI=1S/C21H19N3O5/c1-12(2)11-17(18-19(25)15-5-3-4-6-16(15)20(18)26)22-23-21(27)13-7-9-14(10-8-13)24(28)29/h3-10,12,25H,11H2,1-2H3,(H,23,27). The van der Waals surface area contributed by atoms with E-state index in [0.717, 1.165) is 0 Å². The van der Waals surface area contributed by atoms with Crippen molar-refractivity contribution in [2.24, 2.45) is 11.0 Å². The number of amides is 1. The molecule has 1 aliphatic rings. The number of aliphatic hydroxyl groups is 1. The fraction of sp³-hybridized carbons (Fsp3) is 0.190. The van der Waals surface area contributed by atoms with Gasteiger partial charge in [0, 0.05) is 28.8 Å². The first kappa shape index (κ1) is 19.9. The lowest BCUT2D eigenvalue weighted by Crippen LogP contribution is -2.23. The van der Waals surface area contributed by atoms with Crippen LogP contribution in [0.2, 0.25) is 0 Å². The molecule has 0 spiro atoms. The number of rotatable bonds is 6. The summed E-state index contributed by atoms with van der Waals surface area (Å²) in [7, 11) is 0. The summed E-state index contributed by atoms with van der Waals surface area (Å²) in [5.41, 5.74) is 3.60. The van der Waals surface area contributed by atoms with Gasteiger partial charge in [0.15, 0.2) is 5.78 Å². The molecule has 0 saturated heterocycles. The molecule has 0 aromatic heterocycles. The second-order valence-corrected chi connectivity index (χ2v) is 7.00. The van der Waals surface area contributed by atoms with Gasteiger partial charge in [0.2, 0.25) is 0 Å². The van der Waals surface area contributed by atoms with Crippen molar-refractivity contribution >= 4 is 28.8 Å². The minimum Gasteiger partial charge on any atom is -0.506 e. The van der Waals surface area contributed by atoms with Crippen LogP contribution in [0.15, 0.2) is 59.2 Å². The van der Waals surface area contributed by atoms with Gasteiger partial charge in [-0.1, -0.05) is 38.1 Å². The van der Waals surface area contributed by atoms with Crippen molar-refractivity contribution < 1.29 is 19.6 Å². The Balaban J connectivity index is 1.89. The molecule has 0 radical (unpaired) electrons. The molecule has 8 heteroatoms. The van der Waals surface area contributed by atoms with Crippen LogP contribution >= 0.6 is 0 Å². The van der Waals surface area contributed by atoms with Gasteiger partial charge in [0.25, 0.3) is 11.6 Å². The Kier molecular flexibility index (Phi) is 5.54. The van der Waals surface area contributed by atoms with Crippen LogP contribution in [0.3, 0.4) is 0 Å². The molecule has 0 fully saturated rings. The Hall–Kier alpha value is -3.81. The van der Waals surface area contributed by atoms with Crippen LogP contribution in [0.5, 0.6) is 0 Å². The molecule has 2 aromatic rings. The minimum atomic E-state index is -0.579. The summed E-state index contributed by atoms with van der Waals surface area (Å²) in [4.78, 5) is 35.3. The van der Waals surface area contributed by atoms with E-state index in [9.17, 15) is 24.8 Å². The Labute approximate surface area is 166 Å². The van der Waals surface area contributed by atoms with Gasteiger partial charge in [0.1, 0.15) is 5.76 Å². The monoisotopic (exact) mass is 393 g/mol. The number of non-ortho nitro benzene ring substituents is 1. The van der Waals surface area contributed by atoms with Crippen LogP contribution in [-0.2, 0) is 0 Å². The van der Waals surface area contributed by atoms with E-state index < -0.39 is 10.8 Å². The second-order valence-electron chi connectivity index (χ2n) is 7.00. The third kappa shape index (κ3) is 4.06. The van der Waals surface area contributed by atoms with Gasteiger partial charge in [-0.2, -0.15) is 5.10 Å². The molecule has 2 aromatic carbocycles. The lowest BCUT2D eigenvalue weighted by Gasteiger charge is -2.10. The molecule has 1 aliphatic carbocycles. The van der Waals surface area contributed by atoms with Gasteiger partial charge < -0.3 is 5.11 Å². The molecule has 0 unspecified atom stereocenters. The number of nitro benzene ring substituents is 1. The van der Waals surface area contributed by atoms with E-state index in [2.05, 4.69) is 10.5 Å². The van der Waals surface area contributed by atoms with Crippen LogP contribution < -0.4 is 5.43 Å². The van der Waals surface area contributed by atoms with Crippen molar-refractivity contribution in [2.75, 3.05) is 0 Å². The molecule has 0 heterocycles. The van der Waals surface area contributed by atoms with Crippen molar-refractivity contribution in [1.82, 2.24) is 5.43 Å². The highest BCUT2D eigenvalue weighted by atomic mass is 16.6. The zero-order valence-electron chi connectivity index (χ0n) is 15.9. The number of nitro groups is 1. The number of aliphatic hydroxyl groups excluding tert-OH is 1. The van der Waals surface area contributed by atoms with Crippen molar-refractivity contribution in [3.63, 3.8) is 0 Å². The van der Waals surface area contributed by atoms with Crippen LogP contribution in [-0.4, -0.2) is 27.4 Å². The van der Waals surface area contributed by atoms with Crippen LogP contribution in [0.25, 0.3) is 5.76 Å². The summed E-state index contributed by atoms with van der Waals surface area (Å²) in [6, 6.07) is 11.8. The predicted molar refractivity (Wildman–Crippen MR) is 108 cm³/mol. The number of hydrazone groups is 1. The highest BCUT2D eigenvalue weighted by molar-refractivity contribution is 6.35. The maximum Gasteiger partial charge on any atom is 0.271 e. The highest BCUT2D eigenvalue weighted by Crippen LogP contribution is 2.32. The molecule has 3 rings (SSSR count). The molecule has 29 heavy (non-hydrogen) atoms. The molecule has 0 saturated carbocycles. The average Bonchev–Trinajstić information content (AvgIpc) is 2.95. The quantitative estimate of drug-likeness (QED) is 0.438. The van der Waals surface area contributed by atoms with Gasteiger partial charge in [-0.15, -0.1) is 0 Å². The third-order valence-electron chi connectivity index (χ3n) is 4.41. The van der Waals surface area contributed by atoms with Crippen LogP contribution in [0.4, 0.5) is 5.69 Å². The smallest absolute Gasteiger partial charge is 0.271 e.